The van der Waals surface area contributed by atoms with E-state index in [1.807, 2.05) is 0 Å². The van der Waals surface area contributed by atoms with Gasteiger partial charge in [0.2, 0.25) is 10.0 Å². The van der Waals surface area contributed by atoms with Gasteiger partial charge in [0, 0.05) is 19.0 Å². The highest BCUT2D eigenvalue weighted by molar-refractivity contribution is 7.89. The van der Waals surface area contributed by atoms with Crippen molar-refractivity contribution in [3.05, 3.63) is 18.2 Å². The fraction of sp³-hybridized carbons (Fsp3) is 0.667. The number of aromatic amines is 1. The van der Waals surface area contributed by atoms with Crippen molar-refractivity contribution in [1.29, 1.82) is 0 Å². The van der Waals surface area contributed by atoms with Gasteiger partial charge in [0.15, 0.2) is 0 Å². The number of nitrogens with zero attached hydrogens (tertiary/aromatic N) is 1. The highest BCUT2D eigenvalue weighted by Crippen LogP contribution is 2.07. The van der Waals surface area contributed by atoms with E-state index in [9.17, 15) is 8.42 Å². The van der Waals surface area contributed by atoms with Crippen LogP contribution in [0.2, 0.25) is 0 Å². The van der Waals surface area contributed by atoms with E-state index in [0.29, 0.717) is 18.7 Å². The van der Waals surface area contributed by atoms with Gasteiger partial charge < -0.3 is 10.1 Å². The fourth-order valence-electron chi connectivity index (χ4n) is 1.30. The molecule has 0 aromatic carbocycles. The molecule has 1 aromatic heterocycles. The minimum atomic E-state index is -3.30. The molecule has 0 aliphatic rings. The number of hydrogen-bond donors (Lipinski definition) is 3. The van der Waals surface area contributed by atoms with E-state index in [1.165, 1.54) is 0 Å². The fourth-order valence-corrected chi connectivity index (χ4v) is 2.65. The lowest BCUT2D eigenvalue weighted by Crippen LogP contribution is -2.29. The van der Waals surface area contributed by atoms with Crippen LogP contribution in [0.3, 0.4) is 0 Å². The molecule has 0 fully saturated rings. The monoisotopic (exact) mass is 247 g/mol. The van der Waals surface area contributed by atoms with Gasteiger partial charge in [-0.2, -0.15) is 0 Å². The largest absolute Gasteiger partial charge is 0.396 e. The normalized spacial score (nSPS) is 13.9. The summed E-state index contributed by atoms with van der Waals surface area (Å²) in [6.45, 7) is 1.74. The maximum Gasteiger partial charge on any atom is 0.212 e. The molecular weight excluding hydrogens is 230 g/mol. The highest BCUT2D eigenvalue weighted by Gasteiger charge is 2.16. The van der Waals surface area contributed by atoms with Gasteiger partial charge in [-0.1, -0.05) is 0 Å². The van der Waals surface area contributed by atoms with Crippen LogP contribution in [0.4, 0.5) is 0 Å². The van der Waals surface area contributed by atoms with Crippen LogP contribution in [0.15, 0.2) is 12.4 Å². The van der Waals surface area contributed by atoms with Gasteiger partial charge in [-0.3, -0.25) is 0 Å². The molecule has 0 aliphatic heterocycles. The third-order valence-corrected chi connectivity index (χ3v) is 3.65. The zero-order valence-corrected chi connectivity index (χ0v) is 10.00. The maximum atomic E-state index is 11.6. The standard InChI is InChI=1S/C9H17N3O3S/c1-8(9-10-4-5-11-9)12-16(14,15)7-3-2-6-13/h4-5,8,12-13H,2-3,6-7H2,1H3,(H,10,11). The van der Waals surface area contributed by atoms with Crippen LogP contribution in [0, 0.1) is 0 Å². The second-order valence-electron chi connectivity index (χ2n) is 3.56. The number of aliphatic hydroxyl groups excluding tert-OH is 1. The quantitative estimate of drug-likeness (QED) is 0.598. The topological polar surface area (TPSA) is 95.1 Å². The zero-order valence-electron chi connectivity index (χ0n) is 9.18. The molecule has 0 spiro atoms. The smallest absolute Gasteiger partial charge is 0.212 e. The number of aromatic nitrogens is 2. The SMILES string of the molecule is CC(NS(=O)(=O)CCCCO)c1ncc[nH]1. The number of aliphatic hydroxyl groups is 1. The Morgan fingerprint density at radius 2 is 2.31 bits per heavy atom. The number of hydrogen-bond acceptors (Lipinski definition) is 4. The molecule has 1 unspecified atom stereocenters. The summed E-state index contributed by atoms with van der Waals surface area (Å²) in [5.41, 5.74) is 0. The molecular formula is C9H17N3O3S. The Bertz CT molecular complexity index is 388. The molecule has 1 atom stereocenters. The first-order chi connectivity index (χ1) is 7.55. The first-order valence-electron chi connectivity index (χ1n) is 5.15. The van der Waals surface area contributed by atoms with Gasteiger partial charge in [0.1, 0.15) is 5.82 Å². The number of unbranched alkanes of at least 4 members (excludes halogenated alkanes) is 1. The molecule has 1 heterocycles. The van der Waals surface area contributed by atoms with E-state index < -0.39 is 10.0 Å². The summed E-state index contributed by atoms with van der Waals surface area (Å²) < 4.78 is 25.7. The molecule has 0 aliphatic carbocycles. The lowest BCUT2D eigenvalue weighted by Gasteiger charge is -2.11. The molecule has 3 N–H and O–H groups in total. The molecule has 0 saturated heterocycles. The third-order valence-electron chi connectivity index (χ3n) is 2.11. The number of sulfonamides is 1. The zero-order chi connectivity index (χ0) is 12.0. The average Bonchev–Trinajstić information content (AvgIpc) is 2.69. The predicted octanol–water partition coefficient (Wildman–Crippen LogP) is 0.163. The van der Waals surface area contributed by atoms with E-state index in [0.717, 1.165) is 0 Å². The van der Waals surface area contributed by atoms with Gasteiger partial charge in [-0.25, -0.2) is 18.1 Å². The van der Waals surface area contributed by atoms with Gasteiger partial charge in [-0.15, -0.1) is 0 Å². The minimum Gasteiger partial charge on any atom is -0.396 e. The first kappa shape index (κ1) is 13.1. The predicted molar refractivity (Wildman–Crippen MR) is 60.2 cm³/mol. The van der Waals surface area contributed by atoms with Crippen molar-refractivity contribution >= 4 is 10.0 Å². The Balaban J connectivity index is 2.46. The molecule has 0 radical (unpaired) electrons. The van der Waals surface area contributed by atoms with E-state index in [2.05, 4.69) is 14.7 Å². The van der Waals surface area contributed by atoms with E-state index in [-0.39, 0.29) is 18.4 Å². The molecule has 0 saturated carbocycles. The Labute approximate surface area is 95.2 Å². The molecule has 16 heavy (non-hydrogen) atoms. The minimum absolute atomic E-state index is 0.0171. The Kier molecular flexibility index (Phi) is 4.91. The second-order valence-corrected chi connectivity index (χ2v) is 5.44. The van der Waals surface area contributed by atoms with Crippen LogP contribution in [0.25, 0.3) is 0 Å². The first-order valence-corrected chi connectivity index (χ1v) is 6.80. The van der Waals surface area contributed by atoms with Crippen LogP contribution in [0.5, 0.6) is 0 Å². The van der Waals surface area contributed by atoms with Crippen molar-refractivity contribution in [2.45, 2.75) is 25.8 Å². The third kappa shape index (κ3) is 4.30. The summed E-state index contributed by atoms with van der Waals surface area (Å²) in [5, 5.41) is 8.56. The highest BCUT2D eigenvalue weighted by atomic mass is 32.2. The lowest BCUT2D eigenvalue weighted by atomic mass is 10.3. The summed E-state index contributed by atoms with van der Waals surface area (Å²) in [7, 11) is -3.30. The molecule has 6 nitrogen and oxygen atoms in total. The van der Waals surface area contributed by atoms with Gasteiger partial charge >= 0.3 is 0 Å². The molecule has 92 valence electrons. The Morgan fingerprint density at radius 3 is 2.88 bits per heavy atom. The Hall–Kier alpha value is -0.920. The van der Waals surface area contributed by atoms with Crippen molar-refractivity contribution in [3.8, 4) is 0 Å². The van der Waals surface area contributed by atoms with Gasteiger partial charge in [0.05, 0.1) is 11.8 Å². The van der Waals surface area contributed by atoms with Crippen LogP contribution in [-0.4, -0.2) is 35.9 Å². The van der Waals surface area contributed by atoms with Crippen LogP contribution < -0.4 is 4.72 Å². The van der Waals surface area contributed by atoms with Gasteiger partial charge in [0.25, 0.3) is 0 Å². The summed E-state index contributed by atoms with van der Waals surface area (Å²) >= 11 is 0. The van der Waals surface area contributed by atoms with Crippen molar-refractivity contribution in [3.63, 3.8) is 0 Å². The lowest BCUT2D eigenvalue weighted by molar-refractivity contribution is 0.287. The number of nitrogens with one attached hydrogen (secondary N) is 2. The summed E-state index contributed by atoms with van der Waals surface area (Å²) in [6, 6.07) is -0.367. The van der Waals surface area contributed by atoms with Crippen molar-refractivity contribution in [2.24, 2.45) is 0 Å². The van der Waals surface area contributed by atoms with Crippen molar-refractivity contribution < 1.29 is 13.5 Å². The molecule has 0 bridgehead atoms. The summed E-state index contributed by atoms with van der Waals surface area (Å²) in [6.07, 6.45) is 4.17. The van der Waals surface area contributed by atoms with Crippen LogP contribution >= 0.6 is 0 Å². The Morgan fingerprint density at radius 1 is 1.56 bits per heavy atom. The number of rotatable bonds is 7. The molecule has 1 rings (SSSR count). The van der Waals surface area contributed by atoms with Crippen molar-refractivity contribution in [2.75, 3.05) is 12.4 Å². The van der Waals surface area contributed by atoms with E-state index in [4.69, 9.17) is 5.11 Å². The maximum absolute atomic E-state index is 11.6. The average molecular weight is 247 g/mol. The summed E-state index contributed by atoms with van der Waals surface area (Å²) in [4.78, 5) is 6.82. The number of H-pyrrole nitrogens is 1. The van der Waals surface area contributed by atoms with Crippen molar-refractivity contribution in [1.82, 2.24) is 14.7 Å². The molecule has 7 heteroatoms. The molecule has 0 amide bonds. The second kappa shape index (κ2) is 5.97. The van der Waals surface area contributed by atoms with Crippen LogP contribution in [0.1, 0.15) is 31.6 Å². The van der Waals surface area contributed by atoms with E-state index >= 15 is 0 Å². The summed E-state index contributed by atoms with van der Waals surface area (Å²) in [5.74, 6) is 0.615. The van der Waals surface area contributed by atoms with Crippen LogP contribution in [-0.2, 0) is 10.0 Å². The number of imidazole rings is 1. The van der Waals surface area contributed by atoms with E-state index in [1.54, 1.807) is 19.3 Å². The van der Waals surface area contributed by atoms with Gasteiger partial charge in [-0.05, 0) is 19.8 Å². The molecule has 1 aromatic rings.